The molecule has 0 aliphatic rings. The van der Waals surface area contributed by atoms with E-state index in [9.17, 15) is 5.11 Å². The fourth-order valence-electron chi connectivity index (χ4n) is 1.16. The van der Waals surface area contributed by atoms with Gasteiger partial charge in [0.05, 0.1) is 7.14 Å². The van der Waals surface area contributed by atoms with E-state index in [4.69, 9.17) is 5.73 Å². The summed E-state index contributed by atoms with van der Waals surface area (Å²) >= 11 is 4.24. The molecular formula is C10H13I2NO. The first-order valence-electron chi connectivity index (χ1n) is 4.37. The molecule has 14 heavy (non-hydrogen) atoms. The summed E-state index contributed by atoms with van der Waals surface area (Å²) in [6.45, 7) is 4.19. The minimum atomic E-state index is 0.0395. The molecule has 1 aromatic carbocycles. The lowest BCUT2D eigenvalue weighted by atomic mass is 9.97. The monoisotopic (exact) mass is 417 g/mol. The molecule has 0 aromatic heterocycles. The van der Waals surface area contributed by atoms with Gasteiger partial charge in [-0.2, -0.15) is 0 Å². The van der Waals surface area contributed by atoms with E-state index in [0.717, 1.165) is 12.7 Å². The van der Waals surface area contributed by atoms with Crippen molar-refractivity contribution >= 4 is 45.2 Å². The number of benzene rings is 1. The lowest BCUT2D eigenvalue weighted by Crippen LogP contribution is -2.16. The van der Waals surface area contributed by atoms with Crippen molar-refractivity contribution in [1.29, 1.82) is 0 Å². The van der Waals surface area contributed by atoms with Gasteiger partial charge in [0.2, 0.25) is 0 Å². The quantitative estimate of drug-likeness (QED) is 0.727. The molecule has 0 amide bonds. The van der Waals surface area contributed by atoms with E-state index in [2.05, 4.69) is 59.0 Å². The zero-order valence-corrected chi connectivity index (χ0v) is 12.4. The van der Waals surface area contributed by atoms with Crippen LogP contribution in [0.2, 0.25) is 0 Å². The van der Waals surface area contributed by atoms with Gasteiger partial charge in [0.1, 0.15) is 5.75 Å². The number of aromatic hydroxyl groups is 1. The fraction of sp³-hybridized carbons (Fsp3) is 0.400. The van der Waals surface area contributed by atoms with E-state index in [1.807, 2.05) is 12.1 Å². The molecule has 0 bridgehead atoms. The summed E-state index contributed by atoms with van der Waals surface area (Å²) in [5.74, 6) is 0.761. The van der Waals surface area contributed by atoms with Gasteiger partial charge in [-0.1, -0.05) is 13.8 Å². The normalized spacial score (nSPS) is 13.3. The Morgan fingerprint density at radius 2 is 1.64 bits per heavy atom. The van der Waals surface area contributed by atoms with Crippen LogP contribution in [0, 0.1) is 13.1 Å². The molecule has 3 N–H and O–H groups in total. The number of phenols is 1. The van der Waals surface area contributed by atoms with E-state index < -0.39 is 0 Å². The number of halogens is 2. The van der Waals surface area contributed by atoms with Crippen LogP contribution >= 0.6 is 45.2 Å². The van der Waals surface area contributed by atoms with Gasteiger partial charge in [0.15, 0.2) is 0 Å². The van der Waals surface area contributed by atoms with Crippen LogP contribution < -0.4 is 5.73 Å². The van der Waals surface area contributed by atoms with Crippen molar-refractivity contribution in [1.82, 2.24) is 0 Å². The van der Waals surface area contributed by atoms with Crippen molar-refractivity contribution < 1.29 is 5.11 Å². The summed E-state index contributed by atoms with van der Waals surface area (Å²) in [5.41, 5.74) is 7.13. The van der Waals surface area contributed by atoms with Gasteiger partial charge in [-0.15, -0.1) is 0 Å². The third-order valence-electron chi connectivity index (χ3n) is 2.14. The van der Waals surface area contributed by atoms with Crippen molar-refractivity contribution in [3.8, 4) is 5.75 Å². The number of rotatable bonds is 2. The maximum atomic E-state index is 9.60. The van der Waals surface area contributed by atoms with Crippen LogP contribution in [0.5, 0.6) is 5.75 Å². The highest BCUT2D eigenvalue weighted by Gasteiger charge is 2.13. The second-order valence-electron chi connectivity index (χ2n) is 3.60. The molecule has 1 atom stereocenters. The summed E-state index contributed by atoms with van der Waals surface area (Å²) in [7, 11) is 0. The fourth-order valence-corrected chi connectivity index (χ4v) is 2.98. The van der Waals surface area contributed by atoms with Crippen LogP contribution in [0.4, 0.5) is 0 Å². The molecule has 0 aliphatic heterocycles. The van der Waals surface area contributed by atoms with Gasteiger partial charge in [0, 0.05) is 6.04 Å². The Kier molecular flexibility index (Phi) is 4.45. The predicted octanol–water partition coefficient (Wildman–Crippen LogP) is 3.26. The minimum Gasteiger partial charge on any atom is -0.506 e. The Morgan fingerprint density at radius 1 is 1.21 bits per heavy atom. The largest absolute Gasteiger partial charge is 0.506 e. The van der Waals surface area contributed by atoms with E-state index in [-0.39, 0.29) is 6.04 Å². The third-order valence-corrected chi connectivity index (χ3v) is 3.79. The lowest BCUT2D eigenvalue weighted by molar-refractivity contribution is 0.465. The third kappa shape index (κ3) is 2.73. The molecule has 1 unspecified atom stereocenters. The SMILES string of the molecule is CC(C)C(N)c1cc(I)c(O)c(I)c1. The van der Waals surface area contributed by atoms with Crippen molar-refractivity contribution in [3.63, 3.8) is 0 Å². The molecule has 0 radical (unpaired) electrons. The first-order valence-corrected chi connectivity index (χ1v) is 6.52. The zero-order valence-electron chi connectivity index (χ0n) is 8.09. The van der Waals surface area contributed by atoms with E-state index in [1.165, 1.54) is 0 Å². The molecule has 78 valence electrons. The number of hydrogen-bond donors (Lipinski definition) is 2. The molecule has 0 heterocycles. The molecule has 1 rings (SSSR count). The van der Waals surface area contributed by atoms with Crippen molar-refractivity contribution in [2.45, 2.75) is 19.9 Å². The van der Waals surface area contributed by atoms with E-state index >= 15 is 0 Å². The smallest absolute Gasteiger partial charge is 0.142 e. The molecule has 0 saturated carbocycles. The summed E-state index contributed by atoms with van der Waals surface area (Å²) in [4.78, 5) is 0. The van der Waals surface area contributed by atoms with Crippen LogP contribution in [-0.2, 0) is 0 Å². The standard InChI is InChI=1S/C10H13I2NO/c1-5(2)9(13)6-3-7(11)10(14)8(12)4-6/h3-5,9,14H,13H2,1-2H3. The molecule has 4 heteroatoms. The molecule has 2 nitrogen and oxygen atoms in total. The topological polar surface area (TPSA) is 46.2 Å². The Hall–Kier alpha value is 0.440. The first-order chi connectivity index (χ1) is 6.43. The van der Waals surface area contributed by atoms with Gasteiger partial charge in [-0.3, -0.25) is 0 Å². The van der Waals surface area contributed by atoms with Crippen molar-refractivity contribution in [3.05, 3.63) is 24.8 Å². The van der Waals surface area contributed by atoms with Gasteiger partial charge in [-0.05, 0) is 68.8 Å². The van der Waals surface area contributed by atoms with Gasteiger partial charge in [0.25, 0.3) is 0 Å². The Balaban J connectivity index is 3.12. The molecule has 0 fully saturated rings. The minimum absolute atomic E-state index is 0.0395. The number of phenolic OH excluding ortho intramolecular Hbond substituents is 1. The lowest BCUT2D eigenvalue weighted by Gasteiger charge is -2.17. The second-order valence-corrected chi connectivity index (χ2v) is 5.93. The number of nitrogens with two attached hydrogens (primary N) is 1. The number of hydrogen-bond acceptors (Lipinski definition) is 2. The average Bonchev–Trinajstić information content (AvgIpc) is 2.12. The highest BCUT2D eigenvalue weighted by molar-refractivity contribution is 14.1. The second kappa shape index (κ2) is 4.98. The van der Waals surface area contributed by atoms with Gasteiger partial charge < -0.3 is 10.8 Å². The highest BCUT2D eigenvalue weighted by Crippen LogP contribution is 2.30. The molecule has 0 spiro atoms. The van der Waals surface area contributed by atoms with Crippen LogP contribution in [0.25, 0.3) is 0 Å². The maximum Gasteiger partial charge on any atom is 0.142 e. The predicted molar refractivity (Wildman–Crippen MR) is 75.3 cm³/mol. The Morgan fingerprint density at radius 3 is 2.00 bits per heavy atom. The zero-order chi connectivity index (χ0) is 10.9. The average molecular weight is 417 g/mol. The molecule has 0 aliphatic carbocycles. The molecule has 0 saturated heterocycles. The van der Waals surface area contributed by atoms with Crippen molar-refractivity contribution in [2.24, 2.45) is 11.7 Å². The summed E-state index contributed by atoms with van der Waals surface area (Å²) < 4.78 is 1.72. The van der Waals surface area contributed by atoms with Crippen molar-refractivity contribution in [2.75, 3.05) is 0 Å². The van der Waals surface area contributed by atoms with Crippen LogP contribution in [0.15, 0.2) is 12.1 Å². The summed E-state index contributed by atoms with van der Waals surface area (Å²) in [5, 5.41) is 9.60. The summed E-state index contributed by atoms with van der Waals surface area (Å²) in [6, 6.07) is 3.93. The van der Waals surface area contributed by atoms with Crippen LogP contribution in [0.3, 0.4) is 0 Å². The van der Waals surface area contributed by atoms with Crippen LogP contribution in [-0.4, -0.2) is 5.11 Å². The Bertz CT molecular complexity index is 316. The van der Waals surface area contributed by atoms with Gasteiger partial charge in [-0.25, -0.2) is 0 Å². The van der Waals surface area contributed by atoms with E-state index in [1.54, 1.807) is 0 Å². The van der Waals surface area contributed by atoms with E-state index in [0.29, 0.717) is 11.7 Å². The maximum absolute atomic E-state index is 9.60. The summed E-state index contributed by atoms with van der Waals surface area (Å²) in [6.07, 6.45) is 0. The highest BCUT2D eigenvalue weighted by atomic mass is 127. The molecular weight excluding hydrogens is 404 g/mol. The van der Waals surface area contributed by atoms with Crippen LogP contribution in [0.1, 0.15) is 25.5 Å². The molecule has 1 aromatic rings. The first kappa shape index (κ1) is 12.5. The van der Waals surface area contributed by atoms with Gasteiger partial charge >= 0.3 is 0 Å². The Labute approximate surface area is 112 Å².